The van der Waals surface area contributed by atoms with E-state index in [-0.39, 0.29) is 0 Å². The summed E-state index contributed by atoms with van der Waals surface area (Å²) in [5, 5.41) is 0. The lowest BCUT2D eigenvalue weighted by molar-refractivity contribution is 0.403. The summed E-state index contributed by atoms with van der Waals surface area (Å²) in [6, 6.07) is 6.92. The number of benzene rings is 1. The lowest BCUT2D eigenvalue weighted by atomic mass is 9.70. The van der Waals surface area contributed by atoms with Gasteiger partial charge in [-0.1, -0.05) is 44.3 Å². The van der Waals surface area contributed by atoms with Crippen molar-refractivity contribution in [2.24, 2.45) is 0 Å². The molecule has 15 heavy (non-hydrogen) atoms. The Kier molecular flexibility index (Phi) is 4.40. The fourth-order valence-corrected chi connectivity index (χ4v) is 1.83. The lowest BCUT2D eigenvalue weighted by Gasteiger charge is -2.15. The van der Waals surface area contributed by atoms with Crippen molar-refractivity contribution in [3.63, 3.8) is 0 Å². The monoisotopic (exact) mass is 203 g/mol. The molecule has 1 nitrogen and oxygen atoms in total. The fraction of sp³-hybridized carbons (Fsp3) is 0.538. The first-order valence-electron chi connectivity index (χ1n) is 5.81. The van der Waals surface area contributed by atoms with Crippen LogP contribution in [-0.2, 0) is 6.54 Å². The molecule has 0 N–H and O–H groups in total. The van der Waals surface area contributed by atoms with Gasteiger partial charge in [0.2, 0.25) is 0 Å². The summed E-state index contributed by atoms with van der Waals surface area (Å²) in [7, 11) is 5.37. The van der Waals surface area contributed by atoms with Gasteiger partial charge in [0.1, 0.15) is 0 Å². The Balaban J connectivity index is 2.98. The van der Waals surface area contributed by atoms with Crippen LogP contribution < -0.4 is 5.46 Å². The summed E-state index contributed by atoms with van der Waals surface area (Å²) in [6.45, 7) is 7.78. The molecule has 0 saturated heterocycles. The van der Waals surface area contributed by atoms with Crippen molar-refractivity contribution in [2.45, 2.75) is 33.1 Å². The standard InChI is InChI=1S/C13H22BN/c1-10(2)11-6-7-12(9-15(4)5)13(8-11)14-3/h6-8,10,14H,9H2,1-5H3. The van der Waals surface area contributed by atoms with Gasteiger partial charge in [0.15, 0.2) is 7.28 Å². The molecule has 0 heterocycles. The van der Waals surface area contributed by atoms with Gasteiger partial charge >= 0.3 is 0 Å². The van der Waals surface area contributed by atoms with Gasteiger partial charge in [-0.3, -0.25) is 0 Å². The van der Waals surface area contributed by atoms with Crippen LogP contribution in [0.4, 0.5) is 0 Å². The van der Waals surface area contributed by atoms with E-state index in [9.17, 15) is 0 Å². The second-order valence-corrected chi connectivity index (χ2v) is 4.77. The summed E-state index contributed by atoms with van der Waals surface area (Å²) >= 11 is 0. The molecule has 1 aromatic rings. The van der Waals surface area contributed by atoms with Gasteiger partial charge in [0.25, 0.3) is 0 Å². The highest BCUT2D eigenvalue weighted by Gasteiger charge is 2.06. The van der Waals surface area contributed by atoms with E-state index in [0.29, 0.717) is 5.92 Å². The van der Waals surface area contributed by atoms with Crippen LogP contribution in [0.3, 0.4) is 0 Å². The molecule has 0 radical (unpaired) electrons. The van der Waals surface area contributed by atoms with E-state index in [2.05, 4.69) is 57.9 Å². The molecule has 0 atom stereocenters. The van der Waals surface area contributed by atoms with Gasteiger partial charge in [-0.05, 0) is 31.1 Å². The van der Waals surface area contributed by atoms with Gasteiger partial charge in [-0.15, -0.1) is 0 Å². The smallest absolute Gasteiger partial charge is 0.154 e. The third-order valence-corrected chi connectivity index (χ3v) is 2.76. The summed E-state index contributed by atoms with van der Waals surface area (Å²) in [5.41, 5.74) is 4.41. The van der Waals surface area contributed by atoms with Gasteiger partial charge in [-0.2, -0.15) is 0 Å². The van der Waals surface area contributed by atoms with Gasteiger partial charge in [0.05, 0.1) is 0 Å². The molecule has 1 aromatic carbocycles. The van der Waals surface area contributed by atoms with E-state index < -0.39 is 0 Å². The average Bonchev–Trinajstić information content (AvgIpc) is 2.17. The third kappa shape index (κ3) is 3.38. The molecule has 0 aliphatic carbocycles. The zero-order chi connectivity index (χ0) is 11.4. The molecule has 0 aromatic heterocycles. The maximum atomic E-state index is 2.36. The predicted octanol–water partition coefficient (Wildman–Crippen LogP) is 1.98. The molecule has 0 amide bonds. The predicted molar refractivity (Wildman–Crippen MR) is 70.6 cm³/mol. The van der Waals surface area contributed by atoms with Crippen molar-refractivity contribution in [1.29, 1.82) is 0 Å². The van der Waals surface area contributed by atoms with Crippen LogP contribution in [0.2, 0.25) is 6.82 Å². The molecule has 0 aliphatic heterocycles. The van der Waals surface area contributed by atoms with Crippen molar-refractivity contribution >= 4 is 12.7 Å². The van der Waals surface area contributed by atoms with E-state index in [1.165, 1.54) is 16.6 Å². The summed E-state index contributed by atoms with van der Waals surface area (Å²) in [6.07, 6.45) is 0. The van der Waals surface area contributed by atoms with E-state index in [0.717, 1.165) is 13.8 Å². The molecular weight excluding hydrogens is 181 g/mol. The van der Waals surface area contributed by atoms with E-state index in [4.69, 9.17) is 0 Å². The highest BCUT2D eigenvalue weighted by atomic mass is 15.0. The first-order valence-corrected chi connectivity index (χ1v) is 5.81. The van der Waals surface area contributed by atoms with E-state index in [1.54, 1.807) is 0 Å². The minimum Gasteiger partial charge on any atom is -0.305 e. The Labute approximate surface area is 94.7 Å². The third-order valence-electron chi connectivity index (χ3n) is 2.76. The second kappa shape index (κ2) is 5.36. The minimum atomic E-state index is 0.628. The summed E-state index contributed by atoms with van der Waals surface area (Å²) < 4.78 is 0. The Morgan fingerprint density at radius 3 is 2.40 bits per heavy atom. The molecule has 2 heteroatoms. The lowest BCUT2D eigenvalue weighted by Crippen LogP contribution is -2.23. The Morgan fingerprint density at radius 2 is 1.93 bits per heavy atom. The number of hydrogen-bond donors (Lipinski definition) is 0. The molecule has 82 valence electrons. The number of hydrogen-bond acceptors (Lipinski definition) is 1. The highest BCUT2D eigenvalue weighted by Crippen LogP contribution is 2.13. The van der Waals surface area contributed by atoms with Crippen LogP contribution in [0.25, 0.3) is 0 Å². The Bertz CT molecular complexity index is 318. The first-order chi connectivity index (χ1) is 7.04. The van der Waals surface area contributed by atoms with Crippen molar-refractivity contribution in [3.8, 4) is 0 Å². The molecule has 0 saturated carbocycles. The Morgan fingerprint density at radius 1 is 1.27 bits per heavy atom. The molecular formula is C13H22BN. The van der Waals surface area contributed by atoms with Gasteiger partial charge in [0, 0.05) is 6.54 Å². The number of nitrogens with zero attached hydrogens (tertiary/aromatic N) is 1. The normalized spacial score (nSPS) is 11.1. The van der Waals surface area contributed by atoms with Gasteiger partial charge in [-0.25, -0.2) is 0 Å². The summed E-state index contributed by atoms with van der Waals surface area (Å²) in [5.74, 6) is 0.628. The average molecular weight is 203 g/mol. The topological polar surface area (TPSA) is 3.24 Å². The second-order valence-electron chi connectivity index (χ2n) is 4.77. The highest BCUT2D eigenvalue weighted by molar-refractivity contribution is 6.52. The number of rotatable bonds is 4. The fourth-order valence-electron chi connectivity index (χ4n) is 1.83. The van der Waals surface area contributed by atoms with Crippen molar-refractivity contribution in [2.75, 3.05) is 14.1 Å². The Hall–Kier alpha value is -0.755. The maximum absolute atomic E-state index is 2.36. The van der Waals surface area contributed by atoms with Crippen LogP contribution in [0.1, 0.15) is 30.9 Å². The maximum Gasteiger partial charge on any atom is 0.154 e. The minimum absolute atomic E-state index is 0.628. The molecule has 0 spiro atoms. The van der Waals surface area contributed by atoms with Crippen LogP contribution in [0, 0.1) is 0 Å². The zero-order valence-electron chi connectivity index (χ0n) is 10.7. The van der Waals surface area contributed by atoms with Crippen molar-refractivity contribution in [3.05, 3.63) is 29.3 Å². The van der Waals surface area contributed by atoms with Crippen LogP contribution in [0.5, 0.6) is 0 Å². The van der Waals surface area contributed by atoms with Gasteiger partial charge < -0.3 is 4.90 Å². The van der Waals surface area contributed by atoms with Crippen LogP contribution in [0.15, 0.2) is 18.2 Å². The molecule has 0 bridgehead atoms. The van der Waals surface area contributed by atoms with Crippen molar-refractivity contribution < 1.29 is 0 Å². The van der Waals surface area contributed by atoms with Crippen molar-refractivity contribution in [1.82, 2.24) is 4.90 Å². The molecule has 0 unspecified atom stereocenters. The quantitative estimate of drug-likeness (QED) is 0.676. The van der Waals surface area contributed by atoms with Crippen LogP contribution >= 0.6 is 0 Å². The SMILES string of the molecule is CBc1cc(C(C)C)ccc1CN(C)C. The molecule has 0 aliphatic rings. The van der Waals surface area contributed by atoms with Crippen LogP contribution in [-0.4, -0.2) is 26.3 Å². The largest absolute Gasteiger partial charge is 0.305 e. The first kappa shape index (κ1) is 12.3. The van der Waals surface area contributed by atoms with E-state index >= 15 is 0 Å². The molecule has 0 fully saturated rings. The summed E-state index contributed by atoms with van der Waals surface area (Å²) in [4.78, 5) is 2.23. The van der Waals surface area contributed by atoms with E-state index in [1.807, 2.05) is 0 Å². The zero-order valence-corrected chi connectivity index (χ0v) is 10.7. The molecule has 1 rings (SSSR count).